The second-order valence-corrected chi connectivity index (χ2v) is 2.66. The summed E-state index contributed by atoms with van der Waals surface area (Å²) in [7, 11) is 4.28. The standard InChI is InChI=1S/C6H13N2/c1-6-4-5-7-8(6,2)3/h4,7H,5H2,1-3H3/q+1. The molecule has 0 saturated heterocycles. The van der Waals surface area contributed by atoms with E-state index in [9.17, 15) is 0 Å². The van der Waals surface area contributed by atoms with Crippen molar-refractivity contribution in [2.24, 2.45) is 0 Å². The predicted octanol–water partition coefficient (Wildman–Crippen LogP) is 0.485. The average molecular weight is 113 g/mol. The largest absolute Gasteiger partial charge is 0.223 e. The predicted molar refractivity (Wildman–Crippen MR) is 33.9 cm³/mol. The van der Waals surface area contributed by atoms with Crippen LogP contribution in [0.5, 0.6) is 0 Å². The van der Waals surface area contributed by atoms with Crippen molar-refractivity contribution in [3.63, 3.8) is 0 Å². The molecule has 2 heteroatoms. The monoisotopic (exact) mass is 113 g/mol. The maximum atomic E-state index is 3.29. The highest BCUT2D eigenvalue weighted by Gasteiger charge is 2.21. The van der Waals surface area contributed by atoms with E-state index in [1.54, 1.807) is 0 Å². The minimum atomic E-state index is 0.847. The van der Waals surface area contributed by atoms with E-state index in [4.69, 9.17) is 0 Å². The summed E-state index contributed by atoms with van der Waals surface area (Å²) < 4.78 is 0.847. The van der Waals surface area contributed by atoms with Gasteiger partial charge in [0.25, 0.3) is 0 Å². The number of allylic oxidation sites excluding steroid dienone is 1. The molecule has 2 nitrogen and oxygen atoms in total. The topological polar surface area (TPSA) is 12.0 Å². The molecule has 1 aliphatic heterocycles. The summed E-state index contributed by atoms with van der Waals surface area (Å²) in [6, 6.07) is 0. The molecule has 0 aliphatic carbocycles. The van der Waals surface area contributed by atoms with Gasteiger partial charge in [0.2, 0.25) is 0 Å². The van der Waals surface area contributed by atoms with Crippen molar-refractivity contribution in [1.82, 2.24) is 5.43 Å². The van der Waals surface area contributed by atoms with E-state index in [1.165, 1.54) is 5.70 Å². The zero-order valence-electron chi connectivity index (χ0n) is 5.73. The Morgan fingerprint density at radius 1 is 1.62 bits per heavy atom. The first kappa shape index (κ1) is 5.79. The Morgan fingerprint density at radius 2 is 2.25 bits per heavy atom. The van der Waals surface area contributed by atoms with E-state index in [0.717, 1.165) is 11.1 Å². The van der Waals surface area contributed by atoms with Gasteiger partial charge in [-0.3, -0.25) is 0 Å². The van der Waals surface area contributed by atoms with Gasteiger partial charge in [-0.05, 0) is 6.08 Å². The molecule has 1 heterocycles. The van der Waals surface area contributed by atoms with Gasteiger partial charge in [-0.15, -0.1) is 0 Å². The Morgan fingerprint density at radius 3 is 2.38 bits per heavy atom. The molecule has 0 unspecified atom stereocenters. The van der Waals surface area contributed by atoms with Gasteiger partial charge in [-0.2, -0.15) is 5.43 Å². The third-order valence-electron chi connectivity index (χ3n) is 1.77. The van der Waals surface area contributed by atoms with Crippen LogP contribution in [0.4, 0.5) is 0 Å². The molecule has 8 heavy (non-hydrogen) atoms. The van der Waals surface area contributed by atoms with Crippen LogP contribution in [0, 0.1) is 0 Å². The second kappa shape index (κ2) is 1.57. The lowest BCUT2D eigenvalue weighted by atomic mass is 10.4. The maximum Gasteiger partial charge on any atom is 0.122 e. The first-order valence-electron chi connectivity index (χ1n) is 2.89. The Kier molecular flexibility index (Phi) is 1.14. The Balaban J connectivity index is 2.73. The van der Waals surface area contributed by atoms with E-state index in [1.807, 2.05) is 0 Å². The number of hydrogen-bond donors (Lipinski definition) is 1. The van der Waals surface area contributed by atoms with E-state index in [2.05, 4.69) is 32.5 Å². The first-order chi connectivity index (χ1) is 3.63. The quantitative estimate of drug-likeness (QED) is 0.451. The van der Waals surface area contributed by atoms with Crippen LogP contribution in [0.15, 0.2) is 11.8 Å². The summed E-state index contributed by atoms with van der Waals surface area (Å²) in [5.41, 5.74) is 4.68. The van der Waals surface area contributed by atoms with Crippen molar-refractivity contribution in [1.29, 1.82) is 0 Å². The highest BCUT2D eigenvalue weighted by molar-refractivity contribution is 4.93. The van der Waals surface area contributed by atoms with Gasteiger partial charge in [0.1, 0.15) is 5.70 Å². The molecule has 0 amide bonds. The number of rotatable bonds is 0. The van der Waals surface area contributed by atoms with E-state index < -0.39 is 0 Å². The molecule has 1 rings (SSSR count). The lowest BCUT2D eigenvalue weighted by Gasteiger charge is -2.23. The van der Waals surface area contributed by atoms with Crippen LogP contribution < -0.4 is 5.43 Å². The molecule has 0 radical (unpaired) electrons. The molecule has 46 valence electrons. The summed E-state index contributed by atoms with van der Waals surface area (Å²) in [5, 5.41) is 0. The van der Waals surface area contributed by atoms with Gasteiger partial charge in [0.15, 0.2) is 0 Å². The highest BCUT2D eigenvalue weighted by Crippen LogP contribution is 2.10. The summed E-state index contributed by atoms with van der Waals surface area (Å²) in [6.45, 7) is 3.15. The van der Waals surface area contributed by atoms with Gasteiger partial charge < -0.3 is 0 Å². The van der Waals surface area contributed by atoms with Gasteiger partial charge in [0.05, 0.1) is 20.6 Å². The van der Waals surface area contributed by atoms with Crippen LogP contribution in [0.25, 0.3) is 0 Å². The molecule has 1 N–H and O–H groups in total. The third kappa shape index (κ3) is 0.767. The zero-order chi connectivity index (χ0) is 6.20. The maximum absolute atomic E-state index is 3.29. The smallest absolute Gasteiger partial charge is 0.122 e. The minimum absolute atomic E-state index is 0.847. The van der Waals surface area contributed by atoms with Gasteiger partial charge in [0, 0.05) is 6.92 Å². The Labute approximate surface area is 50.4 Å². The van der Waals surface area contributed by atoms with Gasteiger partial charge in [-0.1, -0.05) is 0 Å². The molecule has 0 aromatic carbocycles. The third-order valence-corrected chi connectivity index (χ3v) is 1.77. The number of nitrogens with zero attached hydrogens (tertiary/aromatic N) is 1. The van der Waals surface area contributed by atoms with Crippen LogP contribution in [-0.4, -0.2) is 25.2 Å². The van der Waals surface area contributed by atoms with Gasteiger partial charge >= 0.3 is 0 Å². The fourth-order valence-electron chi connectivity index (χ4n) is 0.774. The fraction of sp³-hybridized carbons (Fsp3) is 0.667. The molecular weight excluding hydrogens is 100 g/mol. The molecule has 0 saturated carbocycles. The molecule has 0 fully saturated rings. The fourth-order valence-corrected chi connectivity index (χ4v) is 0.774. The lowest BCUT2D eigenvalue weighted by Crippen LogP contribution is -2.45. The zero-order valence-corrected chi connectivity index (χ0v) is 5.73. The van der Waals surface area contributed by atoms with Crippen molar-refractivity contribution in [3.8, 4) is 0 Å². The summed E-state index contributed by atoms with van der Waals surface area (Å²) in [4.78, 5) is 0. The van der Waals surface area contributed by atoms with Crippen molar-refractivity contribution in [3.05, 3.63) is 11.8 Å². The van der Waals surface area contributed by atoms with Crippen LogP contribution in [0.2, 0.25) is 0 Å². The number of nitrogens with one attached hydrogen (secondary N) is 1. The van der Waals surface area contributed by atoms with E-state index >= 15 is 0 Å². The summed E-state index contributed by atoms with van der Waals surface area (Å²) in [5.74, 6) is 0. The molecule has 0 bridgehead atoms. The average Bonchev–Trinajstić information content (AvgIpc) is 1.86. The molecule has 0 spiro atoms. The normalized spacial score (nSPS) is 25.6. The van der Waals surface area contributed by atoms with Crippen molar-refractivity contribution >= 4 is 0 Å². The Bertz CT molecular complexity index is 124. The second-order valence-electron chi connectivity index (χ2n) is 2.66. The molecule has 0 aromatic heterocycles. The summed E-state index contributed by atoms with van der Waals surface area (Å²) in [6.07, 6.45) is 2.21. The summed E-state index contributed by atoms with van der Waals surface area (Å²) >= 11 is 0. The van der Waals surface area contributed by atoms with Crippen molar-refractivity contribution in [2.75, 3.05) is 20.6 Å². The van der Waals surface area contributed by atoms with Gasteiger partial charge in [-0.25, -0.2) is 4.59 Å². The van der Waals surface area contributed by atoms with Crippen LogP contribution >= 0.6 is 0 Å². The van der Waals surface area contributed by atoms with Crippen LogP contribution in [0.3, 0.4) is 0 Å². The molecule has 0 atom stereocenters. The molecule has 1 aliphatic rings. The molecular formula is C6H13N2+. The number of hydrogen-bond acceptors (Lipinski definition) is 1. The SMILES string of the molecule is CC1=CCN[N+]1(C)C. The highest BCUT2D eigenvalue weighted by atomic mass is 15.6. The van der Waals surface area contributed by atoms with E-state index in [-0.39, 0.29) is 0 Å². The van der Waals surface area contributed by atoms with Crippen LogP contribution in [-0.2, 0) is 0 Å². The number of quaternary nitrogens is 1. The van der Waals surface area contributed by atoms with Crippen molar-refractivity contribution < 1.29 is 4.59 Å². The molecule has 0 aromatic rings. The minimum Gasteiger partial charge on any atom is -0.223 e. The van der Waals surface area contributed by atoms with Crippen molar-refractivity contribution in [2.45, 2.75) is 6.92 Å². The van der Waals surface area contributed by atoms with E-state index in [0.29, 0.717) is 0 Å². The van der Waals surface area contributed by atoms with Crippen LogP contribution in [0.1, 0.15) is 6.92 Å². The first-order valence-corrected chi connectivity index (χ1v) is 2.89. The lowest BCUT2D eigenvalue weighted by molar-refractivity contribution is -0.891. The Hall–Kier alpha value is -0.340.